The first-order valence-corrected chi connectivity index (χ1v) is 18.5. The average molecular weight is 772 g/mol. The van der Waals surface area contributed by atoms with E-state index in [4.69, 9.17) is 39.6 Å². The Labute approximate surface area is 325 Å². The third-order valence-electron chi connectivity index (χ3n) is 9.12. The fourth-order valence-corrected chi connectivity index (χ4v) is 6.52. The maximum Gasteiger partial charge on any atom is 0.423 e. The molecular formula is C42H49N3O11. The molecule has 1 aromatic heterocycles. The number of imide groups is 3. The van der Waals surface area contributed by atoms with Gasteiger partial charge in [-0.25, -0.2) is 14.4 Å². The van der Waals surface area contributed by atoms with E-state index < -0.39 is 52.3 Å². The van der Waals surface area contributed by atoms with Crippen molar-refractivity contribution in [1.29, 1.82) is 0 Å². The van der Waals surface area contributed by atoms with E-state index in [1.54, 1.807) is 27.9 Å². The molecule has 4 N–H and O–H groups in total. The van der Waals surface area contributed by atoms with Crippen LogP contribution in [0.2, 0.25) is 0 Å². The van der Waals surface area contributed by atoms with Crippen molar-refractivity contribution in [1.82, 2.24) is 4.90 Å². The standard InChI is InChI=1S/C42H49N3O11/c1-42(2,3)56-40(49)36-32(17-16-27-26(23-35(46)55-37(27)36)24-53-22-21-52-20-19-51-4)38(47)45(39(48)34(44)15-9-10-18-43)41(50)54-25-33-30-13-7-5-11-28(30)29-12-6-8-14-31(29)33/h5-8,11-14,16-17,23,33-34H,9-10,15,18-22,24-25,43-44H2,1-4H3/t34-/m0/s1. The Morgan fingerprint density at radius 2 is 1.52 bits per heavy atom. The number of nitrogens with two attached hydrogens (primary N) is 2. The van der Waals surface area contributed by atoms with Crippen molar-refractivity contribution in [3.8, 4) is 11.1 Å². The number of carbonyl (C=O) groups is 4. The molecular weight excluding hydrogens is 722 g/mol. The van der Waals surface area contributed by atoms with Gasteiger partial charge in [0.15, 0.2) is 5.58 Å². The van der Waals surface area contributed by atoms with Crippen molar-refractivity contribution in [3.63, 3.8) is 0 Å². The molecule has 14 nitrogen and oxygen atoms in total. The fourth-order valence-electron chi connectivity index (χ4n) is 6.52. The lowest BCUT2D eigenvalue weighted by Gasteiger charge is -2.25. The lowest BCUT2D eigenvalue weighted by Crippen LogP contribution is -2.50. The molecule has 5 rings (SSSR count). The van der Waals surface area contributed by atoms with Crippen LogP contribution in [0.15, 0.2) is 75.9 Å². The van der Waals surface area contributed by atoms with Gasteiger partial charge in [0.1, 0.15) is 17.8 Å². The molecule has 298 valence electrons. The zero-order valence-electron chi connectivity index (χ0n) is 32.2. The van der Waals surface area contributed by atoms with Crippen LogP contribution in [-0.4, -0.2) is 87.1 Å². The summed E-state index contributed by atoms with van der Waals surface area (Å²) in [4.78, 5) is 70.0. The SMILES string of the molecule is COCCOCCOCc1cc(=O)oc2c(C(=O)OC(C)(C)C)c(C(=O)N(C(=O)OCC3c4ccccc4-c4ccccc43)C(=O)[C@@H](N)CCCCN)ccc12. The number of amides is 3. The average Bonchev–Trinajstić information content (AvgIpc) is 3.48. The maximum atomic E-state index is 14.6. The summed E-state index contributed by atoms with van der Waals surface area (Å²) in [5.74, 6) is -3.69. The van der Waals surface area contributed by atoms with Gasteiger partial charge in [0, 0.05) is 24.5 Å². The molecule has 0 fully saturated rings. The highest BCUT2D eigenvalue weighted by Gasteiger charge is 2.39. The molecule has 0 saturated heterocycles. The third-order valence-corrected chi connectivity index (χ3v) is 9.12. The second-order valence-corrected chi connectivity index (χ2v) is 14.3. The number of rotatable bonds is 17. The van der Waals surface area contributed by atoms with E-state index in [-0.39, 0.29) is 49.7 Å². The lowest BCUT2D eigenvalue weighted by molar-refractivity contribution is -0.128. The predicted molar refractivity (Wildman–Crippen MR) is 207 cm³/mol. The van der Waals surface area contributed by atoms with Crippen molar-refractivity contribution in [3.05, 3.63) is 105 Å². The summed E-state index contributed by atoms with van der Waals surface area (Å²) in [5, 5.41) is 0.264. The van der Waals surface area contributed by atoms with Crippen LogP contribution in [0.4, 0.5) is 4.79 Å². The molecule has 3 amide bonds. The molecule has 4 aromatic rings. The number of hydrogen-bond donors (Lipinski definition) is 2. The van der Waals surface area contributed by atoms with Gasteiger partial charge in [0.05, 0.1) is 44.6 Å². The molecule has 3 aromatic carbocycles. The van der Waals surface area contributed by atoms with Gasteiger partial charge in [0.2, 0.25) is 0 Å². The first-order chi connectivity index (χ1) is 26.9. The van der Waals surface area contributed by atoms with Gasteiger partial charge in [-0.1, -0.05) is 61.0 Å². The van der Waals surface area contributed by atoms with Crippen LogP contribution in [0.3, 0.4) is 0 Å². The van der Waals surface area contributed by atoms with Crippen molar-refractivity contribution in [2.75, 3.05) is 46.7 Å². The summed E-state index contributed by atoms with van der Waals surface area (Å²) in [6.45, 7) is 6.18. The zero-order chi connectivity index (χ0) is 40.4. The van der Waals surface area contributed by atoms with Crippen molar-refractivity contribution in [2.24, 2.45) is 11.5 Å². The molecule has 0 radical (unpaired) electrons. The van der Waals surface area contributed by atoms with E-state index in [2.05, 4.69) is 0 Å². The topological polar surface area (TPSA) is 200 Å². The van der Waals surface area contributed by atoms with E-state index in [1.165, 1.54) is 18.2 Å². The number of hydrogen-bond acceptors (Lipinski definition) is 13. The normalized spacial score (nSPS) is 12.9. The second kappa shape index (κ2) is 19.1. The number of unbranched alkanes of at least 4 members (excludes halogenated alkanes) is 1. The summed E-state index contributed by atoms with van der Waals surface area (Å²) < 4.78 is 33.2. The van der Waals surface area contributed by atoms with Crippen LogP contribution >= 0.6 is 0 Å². The van der Waals surface area contributed by atoms with Gasteiger partial charge in [-0.2, -0.15) is 4.90 Å². The molecule has 14 heteroatoms. The van der Waals surface area contributed by atoms with Gasteiger partial charge >= 0.3 is 17.7 Å². The molecule has 1 aliphatic carbocycles. The van der Waals surface area contributed by atoms with E-state index in [1.807, 2.05) is 48.5 Å². The van der Waals surface area contributed by atoms with Crippen LogP contribution in [0, 0.1) is 0 Å². The number of esters is 1. The van der Waals surface area contributed by atoms with Crippen molar-refractivity contribution in [2.45, 2.75) is 64.2 Å². The first kappa shape index (κ1) is 41.9. The van der Waals surface area contributed by atoms with E-state index in [9.17, 15) is 24.0 Å². The quantitative estimate of drug-likeness (QED) is 0.0797. The summed E-state index contributed by atoms with van der Waals surface area (Å²) in [6.07, 6.45) is -0.172. The Morgan fingerprint density at radius 1 is 0.875 bits per heavy atom. The largest absolute Gasteiger partial charge is 0.456 e. The summed E-state index contributed by atoms with van der Waals surface area (Å²) in [6, 6.07) is 18.0. The molecule has 1 atom stereocenters. The highest BCUT2D eigenvalue weighted by molar-refractivity contribution is 6.21. The number of carbonyl (C=O) groups excluding carboxylic acids is 4. The Morgan fingerprint density at radius 3 is 2.16 bits per heavy atom. The third kappa shape index (κ3) is 9.94. The van der Waals surface area contributed by atoms with Crippen molar-refractivity contribution >= 4 is 34.8 Å². The molecule has 0 aliphatic heterocycles. The van der Waals surface area contributed by atoms with Gasteiger partial charge < -0.3 is 39.6 Å². The molecule has 0 bridgehead atoms. The highest BCUT2D eigenvalue weighted by atomic mass is 16.6. The van der Waals surface area contributed by atoms with Gasteiger partial charge in [0.25, 0.3) is 11.8 Å². The summed E-state index contributed by atoms with van der Waals surface area (Å²) in [5.41, 5.74) is 13.0. The van der Waals surface area contributed by atoms with E-state index in [0.717, 1.165) is 22.3 Å². The molecule has 1 heterocycles. The number of methoxy groups -OCH3 is 1. The van der Waals surface area contributed by atoms with Crippen LogP contribution in [0.5, 0.6) is 0 Å². The Hall–Kier alpha value is -5.25. The smallest absolute Gasteiger partial charge is 0.423 e. The van der Waals surface area contributed by atoms with Gasteiger partial charge in [-0.15, -0.1) is 0 Å². The predicted octanol–water partition coefficient (Wildman–Crippen LogP) is 5.30. The number of benzene rings is 3. The van der Waals surface area contributed by atoms with Crippen LogP contribution < -0.4 is 17.1 Å². The zero-order valence-corrected chi connectivity index (χ0v) is 32.2. The Balaban J connectivity index is 1.53. The van der Waals surface area contributed by atoms with Gasteiger partial charge in [-0.05, 0) is 74.0 Å². The molecule has 56 heavy (non-hydrogen) atoms. The summed E-state index contributed by atoms with van der Waals surface area (Å²) >= 11 is 0. The lowest BCUT2D eigenvalue weighted by atomic mass is 9.98. The molecule has 1 aliphatic rings. The number of nitrogens with zero attached hydrogens (tertiary/aromatic N) is 1. The van der Waals surface area contributed by atoms with Crippen LogP contribution in [0.25, 0.3) is 22.1 Å². The monoisotopic (exact) mass is 771 g/mol. The summed E-state index contributed by atoms with van der Waals surface area (Å²) in [7, 11) is 1.56. The van der Waals surface area contributed by atoms with Crippen molar-refractivity contribution < 1.29 is 47.3 Å². The minimum absolute atomic E-state index is 0.0706. The van der Waals surface area contributed by atoms with Gasteiger partial charge in [-0.3, -0.25) is 9.59 Å². The number of ether oxygens (including phenoxy) is 5. The Bertz CT molecular complexity index is 2060. The maximum absolute atomic E-state index is 14.6. The molecule has 0 spiro atoms. The Kier molecular flexibility index (Phi) is 14.3. The molecule has 0 saturated carbocycles. The van der Waals surface area contributed by atoms with E-state index >= 15 is 0 Å². The molecule has 0 unspecified atom stereocenters. The van der Waals surface area contributed by atoms with Crippen LogP contribution in [0.1, 0.15) is 83.4 Å². The number of fused-ring (bicyclic) bond motifs is 4. The minimum Gasteiger partial charge on any atom is -0.456 e. The minimum atomic E-state index is -1.29. The van der Waals surface area contributed by atoms with E-state index in [0.29, 0.717) is 43.1 Å². The first-order valence-electron chi connectivity index (χ1n) is 18.5. The second-order valence-electron chi connectivity index (χ2n) is 14.3. The van der Waals surface area contributed by atoms with Crippen LogP contribution in [-0.2, 0) is 35.1 Å². The fraction of sp³-hybridized carbons (Fsp3) is 0.405. The highest BCUT2D eigenvalue weighted by Crippen LogP contribution is 2.44.